The van der Waals surface area contributed by atoms with Crippen LogP contribution in [-0.4, -0.2) is 64.8 Å². The van der Waals surface area contributed by atoms with Gasteiger partial charge in [0.25, 0.3) is 5.91 Å². The van der Waals surface area contributed by atoms with Crippen LogP contribution < -0.4 is 16.4 Å². The summed E-state index contributed by atoms with van der Waals surface area (Å²) in [5, 5.41) is 5.65. The van der Waals surface area contributed by atoms with Crippen LogP contribution >= 0.6 is 0 Å². The highest BCUT2D eigenvalue weighted by Crippen LogP contribution is 2.65. The van der Waals surface area contributed by atoms with Gasteiger partial charge >= 0.3 is 6.09 Å². The molecule has 0 spiro atoms. The molecule has 1 heterocycles. The second kappa shape index (κ2) is 11.3. The van der Waals surface area contributed by atoms with Crippen LogP contribution in [0.25, 0.3) is 0 Å². The molecule has 4 rings (SSSR count). The summed E-state index contributed by atoms with van der Waals surface area (Å²) >= 11 is 0. The van der Waals surface area contributed by atoms with E-state index in [9.17, 15) is 24.0 Å². The number of ether oxygens (including phenoxy) is 1. The molecular weight excluding hydrogens is 512 g/mol. The van der Waals surface area contributed by atoms with Crippen molar-refractivity contribution in [3.63, 3.8) is 0 Å². The summed E-state index contributed by atoms with van der Waals surface area (Å²) in [6, 6.07) is -2.62. The van der Waals surface area contributed by atoms with E-state index in [0.29, 0.717) is 24.8 Å². The second-order valence-corrected chi connectivity index (χ2v) is 14.1. The molecule has 40 heavy (non-hydrogen) atoms. The van der Waals surface area contributed by atoms with Gasteiger partial charge in [-0.05, 0) is 75.0 Å². The average molecular weight is 561 g/mol. The summed E-state index contributed by atoms with van der Waals surface area (Å²) in [4.78, 5) is 66.6. The Balaban J connectivity index is 1.58. The van der Waals surface area contributed by atoms with Gasteiger partial charge in [-0.1, -0.05) is 52.9 Å². The smallest absolute Gasteiger partial charge is 0.408 e. The fourth-order valence-electron chi connectivity index (χ4n) is 7.85. The first-order valence-electron chi connectivity index (χ1n) is 15.1. The van der Waals surface area contributed by atoms with Crippen molar-refractivity contribution in [2.45, 2.75) is 117 Å². The van der Waals surface area contributed by atoms with Crippen LogP contribution in [0.1, 0.15) is 92.9 Å². The van der Waals surface area contributed by atoms with Gasteiger partial charge in [0.05, 0.1) is 6.04 Å². The Kier molecular flexibility index (Phi) is 8.58. The van der Waals surface area contributed by atoms with Gasteiger partial charge in [-0.25, -0.2) is 4.79 Å². The maximum atomic E-state index is 14.3. The summed E-state index contributed by atoms with van der Waals surface area (Å²) in [7, 11) is 0. The number of nitrogens with two attached hydrogens (primary N) is 1. The largest absolute Gasteiger partial charge is 0.444 e. The number of hydrogen-bond acceptors (Lipinski definition) is 6. The zero-order chi connectivity index (χ0) is 29.6. The van der Waals surface area contributed by atoms with E-state index in [1.807, 2.05) is 6.92 Å². The highest BCUT2D eigenvalue weighted by atomic mass is 16.6. The van der Waals surface area contributed by atoms with E-state index in [0.717, 1.165) is 25.7 Å². The lowest BCUT2D eigenvalue weighted by atomic mass is 9.82. The number of Topliss-reactive ketones (excluding diaryl/α,β-unsaturated/α-hetero) is 1. The highest BCUT2D eigenvalue weighted by Gasteiger charge is 2.70. The van der Waals surface area contributed by atoms with Crippen molar-refractivity contribution in [1.82, 2.24) is 15.5 Å². The number of nitrogens with one attached hydrogen (secondary N) is 2. The molecule has 4 aliphatic rings. The molecule has 4 amide bonds. The molecule has 1 aliphatic heterocycles. The van der Waals surface area contributed by atoms with Gasteiger partial charge in [0, 0.05) is 6.54 Å². The molecule has 10 heteroatoms. The predicted molar refractivity (Wildman–Crippen MR) is 149 cm³/mol. The van der Waals surface area contributed by atoms with E-state index in [1.165, 1.54) is 12.8 Å². The number of likely N-dealkylation sites (tertiary alicyclic amines) is 1. The molecule has 7 atom stereocenters. The fourth-order valence-corrected chi connectivity index (χ4v) is 7.85. The first kappa shape index (κ1) is 30.3. The topological polar surface area (TPSA) is 148 Å². The zero-order valence-electron chi connectivity index (χ0n) is 25.0. The van der Waals surface area contributed by atoms with Gasteiger partial charge in [0.2, 0.25) is 17.6 Å². The number of carbonyl (C=O) groups is 5. The molecule has 3 saturated carbocycles. The van der Waals surface area contributed by atoms with Crippen LogP contribution in [0.5, 0.6) is 0 Å². The second-order valence-electron chi connectivity index (χ2n) is 14.1. The Morgan fingerprint density at radius 1 is 1.02 bits per heavy atom. The van der Waals surface area contributed by atoms with Crippen molar-refractivity contribution in [1.29, 1.82) is 0 Å². The first-order valence-corrected chi connectivity index (χ1v) is 15.1. The van der Waals surface area contributed by atoms with Crippen molar-refractivity contribution in [3.05, 3.63) is 0 Å². The monoisotopic (exact) mass is 560 g/mol. The van der Waals surface area contributed by atoms with Crippen molar-refractivity contribution < 1.29 is 28.7 Å². The molecule has 3 aliphatic carbocycles. The molecule has 0 aromatic heterocycles. The summed E-state index contributed by atoms with van der Waals surface area (Å²) in [6.07, 6.45) is 6.63. The lowest BCUT2D eigenvalue weighted by Crippen LogP contribution is -2.59. The van der Waals surface area contributed by atoms with Crippen molar-refractivity contribution in [3.8, 4) is 0 Å². The predicted octanol–water partition coefficient (Wildman–Crippen LogP) is 2.92. The molecule has 5 unspecified atom stereocenters. The summed E-state index contributed by atoms with van der Waals surface area (Å²) < 4.78 is 5.54. The van der Waals surface area contributed by atoms with Crippen LogP contribution in [0.3, 0.4) is 0 Å². The normalized spacial score (nSPS) is 31.8. The standard InChI is InChI=1S/C30H48N4O6/c1-7-10-20(24(35)25(31)36)32-26(37)23-21-19(30(21,5)6)15-34(23)27(38)22(33-28(39)40-29(2,3)4)18-13-16-11-8-9-12-17(16)14-18/h16-23H,7-15H2,1-6H3,(H2,31,36)(H,32,37)(H,33,39)/t16?,17?,18?,19-,20?,21-,22?,23?/m1/s1. The van der Waals surface area contributed by atoms with Gasteiger partial charge in [-0.15, -0.1) is 0 Å². The molecule has 0 radical (unpaired) electrons. The van der Waals surface area contributed by atoms with Gasteiger partial charge in [-0.2, -0.15) is 0 Å². The number of hydrogen-bond donors (Lipinski definition) is 3. The number of fused-ring (bicyclic) bond motifs is 2. The fraction of sp³-hybridized carbons (Fsp3) is 0.833. The molecule has 4 fully saturated rings. The zero-order valence-corrected chi connectivity index (χ0v) is 25.0. The molecular formula is C30H48N4O6. The molecule has 4 N–H and O–H groups in total. The molecule has 1 saturated heterocycles. The Morgan fingerprint density at radius 3 is 2.15 bits per heavy atom. The van der Waals surface area contributed by atoms with E-state index in [1.54, 1.807) is 25.7 Å². The third-order valence-electron chi connectivity index (χ3n) is 9.90. The molecule has 0 aromatic carbocycles. The Morgan fingerprint density at radius 2 is 1.62 bits per heavy atom. The highest BCUT2D eigenvalue weighted by molar-refractivity contribution is 6.37. The van der Waals surface area contributed by atoms with E-state index >= 15 is 0 Å². The van der Waals surface area contributed by atoms with Gasteiger partial charge in [-0.3, -0.25) is 19.2 Å². The van der Waals surface area contributed by atoms with Crippen LogP contribution in [0.15, 0.2) is 0 Å². The minimum atomic E-state index is -1.09. The minimum Gasteiger partial charge on any atom is -0.444 e. The van der Waals surface area contributed by atoms with E-state index < -0.39 is 47.4 Å². The first-order chi connectivity index (χ1) is 18.7. The Bertz CT molecular complexity index is 1020. The number of primary amides is 1. The SMILES string of the molecule is CCCC(NC(=O)C1[C@H]2[C@@H](CN1C(=O)C(NC(=O)OC(C)(C)C)C1CC3CCCCC3C1)C2(C)C)C(=O)C(N)=O. The van der Waals surface area contributed by atoms with Crippen LogP contribution in [-0.2, 0) is 23.9 Å². The van der Waals surface area contributed by atoms with E-state index in [2.05, 4.69) is 24.5 Å². The third-order valence-corrected chi connectivity index (χ3v) is 9.90. The van der Waals surface area contributed by atoms with E-state index in [4.69, 9.17) is 10.5 Å². The lowest BCUT2D eigenvalue weighted by Gasteiger charge is -2.35. The molecule has 0 aromatic rings. The summed E-state index contributed by atoms with van der Waals surface area (Å²) in [6.45, 7) is 11.8. The van der Waals surface area contributed by atoms with Crippen molar-refractivity contribution in [2.24, 2.45) is 40.7 Å². The van der Waals surface area contributed by atoms with Gasteiger partial charge in [0.15, 0.2) is 0 Å². The number of carbonyl (C=O) groups excluding carboxylic acids is 5. The number of ketones is 1. The number of piperidine rings is 1. The molecule has 10 nitrogen and oxygen atoms in total. The average Bonchev–Trinajstić information content (AvgIpc) is 3.24. The summed E-state index contributed by atoms with van der Waals surface area (Å²) in [5.41, 5.74) is 4.39. The van der Waals surface area contributed by atoms with Crippen LogP contribution in [0.4, 0.5) is 4.79 Å². The van der Waals surface area contributed by atoms with Crippen LogP contribution in [0, 0.1) is 35.0 Å². The molecule has 0 bridgehead atoms. The quantitative estimate of drug-likeness (QED) is 0.369. The van der Waals surface area contributed by atoms with Gasteiger partial charge < -0.3 is 26.0 Å². The molecule has 224 valence electrons. The third kappa shape index (κ3) is 6.15. The number of alkyl carbamates (subject to hydrolysis) is 1. The Hall–Kier alpha value is -2.65. The summed E-state index contributed by atoms with van der Waals surface area (Å²) in [5.74, 6) is -1.52. The van der Waals surface area contributed by atoms with Gasteiger partial charge in [0.1, 0.15) is 17.7 Å². The number of nitrogens with zero attached hydrogens (tertiary/aromatic N) is 1. The lowest BCUT2D eigenvalue weighted by molar-refractivity contribution is -0.144. The van der Waals surface area contributed by atoms with Crippen LogP contribution in [0.2, 0.25) is 0 Å². The van der Waals surface area contributed by atoms with Crippen molar-refractivity contribution >= 4 is 29.6 Å². The van der Waals surface area contributed by atoms with Crippen molar-refractivity contribution in [2.75, 3.05) is 6.54 Å². The number of amides is 4. The Labute approximate surface area is 237 Å². The minimum absolute atomic E-state index is 0.0361. The number of rotatable bonds is 9. The maximum Gasteiger partial charge on any atom is 0.408 e. The maximum absolute atomic E-state index is 14.3. The van der Waals surface area contributed by atoms with E-state index in [-0.39, 0.29) is 35.5 Å².